The van der Waals surface area contributed by atoms with Crippen molar-refractivity contribution < 1.29 is 9.53 Å². The number of carbonyl (C=O) groups excluding carboxylic acids is 1. The quantitative estimate of drug-likeness (QED) is 0.592. The molecule has 28 heavy (non-hydrogen) atoms. The Morgan fingerprint density at radius 2 is 2.04 bits per heavy atom. The fraction of sp³-hybridized carbons (Fsp3) is 0.429. The number of ether oxygens (including phenoxy) is 1. The van der Waals surface area contributed by atoms with Crippen molar-refractivity contribution in [2.45, 2.75) is 39.2 Å². The lowest BCUT2D eigenvalue weighted by Gasteiger charge is -2.26. The molecular formula is C21H23ClN4O2. The standard InChI is InChI=1S/C21H23ClN4O2/c1-13-3-5-14(6-4-13)12-26-8-7-17-19(26)18(15-9-16(22)11-23-10-15)25-20(24-17)21(27)28-2/h7-11,13-14H,3-6,12H2,1-2H3/t13-,14-. The van der Waals surface area contributed by atoms with Crippen molar-refractivity contribution in [3.63, 3.8) is 0 Å². The maximum atomic E-state index is 12.1. The Hall–Kier alpha value is -2.47. The highest BCUT2D eigenvalue weighted by Gasteiger charge is 2.22. The zero-order valence-electron chi connectivity index (χ0n) is 16.1. The highest BCUT2D eigenvalue weighted by atomic mass is 35.5. The van der Waals surface area contributed by atoms with Crippen molar-refractivity contribution >= 4 is 28.6 Å². The minimum atomic E-state index is -0.563. The molecule has 1 aliphatic carbocycles. The van der Waals surface area contributed by atoms with Gasteiger partial charge in [-0.2, -0.15) is 0 Å². The summed E-state index contributed by atoms with van der Waals surface area (Å²) in [6, 6.07) is 3.73. The van der Waals surface area contributed by atoms with Crippen molar-refractivity contribution in [1.29, 1.82) is 0 Å². The number of halogens is 1. The Bertz CT molecular complexity index is 1010. The van der Waals surface area contributed by atoms with Crippen molar-refractivity contribution in [1.82, 2.24) is 19.5 Å². The van der Waals surface area contributed by atoms with E-state index in [2.05, 4.69) is 26.4 Å². The first-order valence-electron chi connectivity index (χ1n) is 9.61. The van der Waals surface area contributed by atoms with Gasteiger partial charge in [-0.1, -0.05) is 31.4 Å². The molecule has 3 heterocycles. The van der Waals surface area contributed by atoms with E-state index in [4.69, 9.17) is 16.3 Å². The van der Waals surface area contributed by atoms with E-state index in [1.54, 1.807) is 18.5 Å². The number of carbonyl (C=O) groups is 1. The van der Waals surface area contributed by atoms with Gasteiger partial charge in [-0.3, -0.25) is 4.98 Å². The maximum Gasteiger partial charge on any atom is 0.376 e. The van der Waals surface area contributed by atoms with Crippen LogP contribution < -0.4 is 0 Å². The molecule has 7 heteroatoms. The van der Waals surface area contributed by atoms with Crippen molar-refractivity contribution in [3.05, 3.63) is 41.6 Å². The predicted octanol–water partition coefficient (Wildman–Crippen LogP) is 4.76. The number of hydrogen-bond acceptors (Lipinski definition) is 5. The highest BCUT2D eigenvalue weighted by molar-refractivity contribution is 6.30. The van der Waals surface area contributed by atoms with Gasteiger partial charge in [0, 0.05) is 30.7 Å². The first-order chi connectivity index (χ1) is 13.5. The molecule has 0 unspecified atom stereocenters. The lowest BCUT2D eigenvalue weighted by molar-refractivity contribution is 0.0587. The van der Waals surface area contributed by atoms with Gasteiger partial charge in [0.15, 0.2) is 0 Å². The SMILES string of the molecule is COC(=O)c1nc(-c2cncc(Cl)c2)c2c(ccn2C[C@H]2CC[C@H](C)CC2)n1. The van der Waals surface area contributed by atoms with Gasteiger partial charge in [-0.25, -0.2) is 14.8 Å². The van der Waals surface area contributed by atoms with Crippen LogP contribution in [0.4, 0.5) is 0 Å². The smallest absolute Gasteiger partial charge is 0.376 e. The van der Waals surface area contributed by atoms with Crippen molar-refractivity contribution in [2.75, 3.05) is 7.11 Å². The third-order valence-electron chi connectivity index (χ3n) is 5.55. The number of methoxy groups -OCH3 is 1. The summed E-state index contributed by atoms with van der Waals surface area (Å²) in [5.74, 6) is 0.926. The largest absolute Gasteiger partial charge is 0.463 e. The van der Waals surface area contributed by atoms with Crippen molar-refractivity contribution in [3.8, 4) is 11.3 Å². The molecule has 3 aromatic rings. The summed E-state index contributed by atoms with van der Waals surface area (Å²) in [6.45, 7) is 3.24. The molecule has 0 atom stereocenters. The van der Waals surface area contributed by atoms with Crippen LogP contribution in [-0.2, 0) is 11.3 Å². The van der Waals surface area contributed by atoms with E-state index in [-0.39, 0.29) is 5.82 Å². The predicted molar refractivity (Wildman–Crippen MR) is 108 cm³/mol. The summed E-state index contributed by atoms with van der Waals surface area (Å²) in [4.78, 5) is 25.2. The van der Waals surface area contributed by atoms with Crippen LogP contribution in [0.3, 0.4) is 0 Å². The topological polar surface area (TPSA) is 69.9 Å². The molecule has 0 aliphatic heterocycles. The molecule has 0 radical (unpaired) electrons. The van der Waals surface area contributed by atoms with Gasteiger partial charge in [0.1, 0.15) is 5.69 Å². The second kappa shape index (κ2) is 7.87. The number of pyridine rings is 1. The molecule has 0 amide bonds. The molecule has 0 aromatic carbocycles. The van der Waals surface area contributed by atoms with E-state index in [1.807, 2.05) is 12.3 Å². The molecular weight excluding hydrogens is 376 g/mol. The highest BCUT2D eigenvalue weighted by Crippen LogP contribution is 2.33. The molecule has 146 valence electrons. The minimum Gasteiger partial charge on any atom is -0.463 e. The van der Waals surface area contributed by atoms with Gasteiger partial charge in [0.2, 0.25) is 5.82 Å². The number of nitrogens with zero attached hydrogens (tertiary/aromatic N) is 4. The zero-order valence-corrected chi connectivity index (χ0v) is 16.8. The van der Waals surface area contributed by atoms with Crippen molar-refractivity contribution in [2.24, 2.45) is 11.8 Å². The second-order valence-electron chi connectivity index (χ2n) is 7.61. The summed E-state index contributed by atoms with van der Waals surface area (Å²) in [7, 11) is 1.33. The summed E-state index contributed by atoms with van der Waals surface area (Å²) in [5.41, 5.74) is 3.02. The number of fused-ring (bicyclic) bond motifs is 1. The Morgan fingerprint density at radius 3 is 2.75 bits per heavy atom. The molecule has 6 nitrogen and oxygen atoms in total. The number of rotatable bonds is 4. The molecule has 0 spiro atoms. The maximum absolute atomic E-state index is 12.1. The number of aromatic nitrogens is 4. The van der Waals surface area contributed by atoms with Gasteiger partial charge in [0.05, 0.1) is 23.2 Å². The van der Waals surface area contributed by atoms with E-state index in [9.17, 15) is 4.79 Å². The average molecular weight is 399 g/mol. The lowest BCUT2D eigenvalue weighted by atomic mass is 9.83. The van der Waals surface area contributed by atoms with E-state index < -0.39 is 5.97 Å². The van der Waals surface area contributed by atoms with E-state index in [1.165, 1.54) is 32.8 Å². The second-order valence-corrected chi connectivity index (χ2v) is 8.04. The van der Waals surface area contributed by atoms with Gasteiger partial charge in [0.25, 0.3) is 0 Å². The van der Waals surface area contributed by atoms with E-state index in [0.717, 1.165) is 29.1 Å². The van der Waals surface area contributed by atoms with Crippen LogP contribution in [0, 0.1) is 11.8 Å². The van der Waals surface area contributed by atoms with Gasteiger partial charge in [-0.05, 0) is 36.8 Å². The number of hydrogen-bond donors (Lipinski definition) is 0. The third-order valence-corrected chi connectivity index (χ3v) is 5.75. The monoisotopic (exact) mass is 398 g/mol. The van der Waals surface area contributed by atoms with Gasteiger partial charge >= 0.3 is 5.97 Å². The zero-order chi connectivity index (χ0) is 19.7. The van der Waals surface area contributed by atoms with Crippen LogP contribution in [0.15, 0.2) is 30.7 Å². The summed E-state index contributed by atoms with van der Waals surface area (Å²) < 4.78 is 7.03. The summed E-state index contributed by atoms with van der Waals surface area (Å²) in [6.07, 6.45) is 10.3. The normalized spacial score (nSPS) is 19.7. The molecule has 3 aromatic heterocycles. The number of esters is 1. The lowest BCUT2D eigenvalue weighted by Crippen LogP contribution is -2.17. The van der Waals surface area contributed by atoms with Crippen LogP contribution in [-0.4, -0.2) is 32.6 Å². The molecule has 1 fully saturated rings. The Morgan fingerprint density at radius 1 is 1.25 bits per heavy atom. The van der Waals surface area contributed by atoms with Gasteiger partial charge in [-0.15, -0.1) is 0 Å². The van der Waals surface area contributed by atoms with Gasteiger partial charge < -0.3 is 9.30 Å². The Labute approximate surface area is 168 Å². The molecule has 1 aliphatic rings. The van der Waals surface area contributed by atoms with E-state index in [0.29, 0.717) is 16.6 Å². The fourth-order valence-corrected chi connectivity index (χ4v) is 4.15. The van der Waals surface area contributed by atoms with Crippen LogP contribution in [0.1, 0.15) is 43.2 Å². The molecule has 0 bridgehead atoms. The first-order valence-corrected chi connectivity index (χ1v) is 9.99. The fourth-order valence-electron chi connectivity index (χ4n) is 3.97. The molecule has 1 saturated carbocycles. The molecule has 0 saturated heterocycles. The molecule has 0 N–H and O–H groups in total. The first kappa shape index (κ1) is 18.9. The van der Waals surface area contributed by atoms with Crippen LogP contribution in [0.25, 0.3) is 22.3 Å². The minimum absolute atomic E-state index is 0.0363. The van der Waals surface area contributed by atoms with Crippen LogP contribution in [0.2, 0.25) is 5.02 Å². The van der Waals surface area contributed by atoms with Crippen LogP contribution in [0.5, 0.6) is 0 Å². The Balaban J connectivity index is 1.81. The van der Waals surface area contributed by atoms with E-state index >= 15 is 0 Å². The third kappa shape index (κ3) is 3.74. The molecule has 4 rings (SSSR count). The summed E-state index contributed by atoms with van der Waals surface area (Å²) in [5, 5.41) is 0.517. The Kier molecular flexibility index (Phi) is 5.31. The summed E-state index contributed by atoms with van der Waals surface area (Å²) >= 11 is 6.15. The van der Waals surface area contributed by atoms with Crippen LogP contribution >= 0.6 is 11.6 Å². The average Bonchev–Trinajstić information content (AvgIpc) is 3.11.